The van der Waals surface area contributed by atoms with E-state index in [2.05, 4.69) is 35.9 Å². The average molecular weight is 248 g/mol. The maximum atomic E-state index is 11.7. The molecule has 9 nitrogen and oxygen atoms in total. The van der Waals surface area contributed by atoms with Crippen LogP contribution in [-0.4, -0.2) is 37.6 Å². The third kappa shape index (κ3) is 2.98. The van der Waals surface area contributed by atoms with E-state index in [1.165, 1.54) is 18.7 Å². The molecule has 0 unspecified atom stereocenters. The van der Waals surface area contributed by atoms with Crippen LogP contribution >= 0.6 is 0 Å². The Bertz CT molecular complexity index is 494. The molecule has 18 heavy (non-hydrogen) atoms. The van der Waals surface area contributed by atoms with Gasteiger partial charge in [-0.1, -0.05) is 0 Å². The zero-order valence-electron chi connectivity index (χ0n) is 9.42. The molecule has 0 aliphatic carbocycles. The molecule has 0 saturated carbocycles. The Kier molecular flexibility index (Phi) is 3.76. The van der Waals surface area contributed by atoms with Gasteiger partial charge >= 0.3 is 0 Å². The zero-order chi connectivity index (χ0) is 12.8. The molecule has 0 radical (unpaired) electrons. The van der Waals surface area contributed by atoms with Gasteiger partial charge in [0.15, 0.2) is 5.82 Å². The second kappa shape index (κ2) is 5.68. The summed E-state index contributed by atoms with van der Waals surface area (Å²) in [5, 5.41) is 9.10. The largest absolute Gasteiger partial charge is 0.350 e. The number of nitrogens with two attached hydrogens (primary N) is 1. The predicted molar refractivity (Wildman–Crippen MR) is 62.3 cm³/mol. The van der Waals surface area contributed by atoms with Crippen LogP contribution in [0.3, 0.4) is 0 Å². The van der Waals surface area contributed by atoms with Gasteiger partial charge in [0.2, 0.25) is 0 Å². The molecule has 0 atom stereocenters. The van der Waals surface area contributed by atoms with Crippen LogP contribution in [0.2, 0.25) is 0 Å². The lowest BCUT2D eigenvalue weighted by atomic mass is 10.3. The Morgan fingerprint density at radius 1 is 1.33 bits per heavy atom. The molecule has 0 fully saturated rings. The number of carbonyl (C=O) groups is 1. The van der Waals surface area contributed by atoms with Gasteiger partial charge in [-0.3, -0.25) is 9.89 Å². The maximum Gasteiger partial charge on any atom is 0.271 e. The summed E-state index contributed by atoms with van der Waals surface area (Å²) >= 11 is 0. The lowest BCUT2D eigenvalue weighted by Gasteiger charge is -2.03. The Balaban J connectivity index is 1.83. The highest BCUT2D eigenvalue weighted by Gasteiger charge is 2.07. The molecule has 2 rings (SSSR count). The van der Waals surface area contributed by atoms with Crippen LogP contribution < -0.4 is 16.6 Å². The topological polar surface area (TPSA) is 134 Å². The van der Waals surface area contributed by atoms with Gasteiger partial charge in [-0.05, 0) is 0 Å². The number of carbonyl (C=O) groups excluding carboxylic acids is 1. The smallest absolute Gasteiger partial charge is 0.271 e. The van der Waals surface area contributed by atoms with E-state index in [0.717, 1.165) is 0 Å². The molecule has 1 amide bonds. The zero-order valence-corrected chi connectivity index (χ0v) is 9.42. The van der Waals surface area contributed by atoms with E-state index in [4.69, 9.17) is 5.84 Å². The molecule has 0 aromatic carbocycles. The summed E-state index contributed by atoms with van der Waals surface area (Å²) in [5.74, 6) is 5.95. The molecule has 0 spiro atoms. The first kappa shape index (κ1) is 11.9. The average Bonchev–Trinajstić information content (AvgIpc) is 2.92. The molecule has 2 heterocycles. The standard InChI is InChI=1S/C9H12N8O/c10-16-8-4-12-6(3-13-8)9(18)11-2-1-7-14-5-15-17-7/h3-5H,1-2,10H2,(H,11,18)(H,13,16)(H,14,15,17). The van der Waals surface area contributed by atoms with E-state index >= 15 is 0 Å². The number of amides is 1. The summed E-state index contributed by atoms with van der Waals surface area (Å²) in [4.78, 5) is 23.4. The summed E-state index contributed by atoms with van der Waals surface area (Å²) in [6, 6.07) is 0. The van der Waals surface area contributed by atoms with Gasteiger partial charge < -0.3 is 10.7 Å². The lowest BCUT2D eigenvalue weighted by molar-refractivity contribution is 0.0948. The van der Waals surface area contributed by atoms with Crippen LogP contribution in [0.5, 0.6) is 0 Å². The molecule has 2 aromatic heterocycles. The van der Waals surface area contributed by atoms with Crippen molar-refractivity contribution in [3.8, 4) is 0 Å². The van der Waals surface area contributed by atoms with E-state index < -0.39 is 0 Å². The van der Waals surface area contributed by atoms with Crippen LogP contribution in [0.25, 0.3) is 0 Å². The van der Waals surface area contributed by atoms with Crippen LogP contribution in [0.1, 0.15) is 16.3 Å². The minimum absolute atomic E-state index is 0.228. The Morgan fingerprint density at radius 2 is 2.22 bits per heavy atom. The molecule has 94 valence electrons. The van der Waals surface area contributed by atoms with E-state index in [-0.39, 0.29) is 11.6 Å². The fraction of sp³-hybridized carbons (Fsp3) is 0.222. The second-order valence-corrected chi connectivity index (χ2v) is 3.37. The fourth-order valence-corrected chi connectivity index (χ4v) is 1.26. The first-order valence-corrected chi connectivity index (χ1v) is 5.20. The van der Waals surface area contributed by atoms with Crippen molar-refractivity contribution in [1.82, 2.24) is 30.5 Å². The van der Waals surface area contributed by atoms with Gasteiger partial charge in [0.1, 0.15) is 17.8 Å². The van der Waals surface area contributed by atoms with Crippen molar-refractivity contribution < 1.29 is 4.79 Å². The summed E-state index contributed by atoms with van der Waals surface area (Å²) in [6.45, 7) is 0.437. The normalized spacial score (nSPS) is 10.1. The number of nitrogens with one attached hydrogen (secondary N) is 3. The molecular formula is C9H12N8O. The molecule has 2 aromatic rings. The summed E-state index contributed by atoms with van der Waals surface area (Å²) < 4.78 is 0. The highest BCUT2D eigenvalue weighted by atomic mass is 16.1. The van der Waals surface area contributed by atoms with E-state index in [9.17, 15) is 4.79 Å². The van der Waals surface area contributed by atoms with Gasteiger partial charge in [0.25, 0.3) is 5.91 Å². The number of hydrazine groups is 1. The first-order chi connectivity index (χ1) is 8.79. The first-order valence-electron chi connectivity index (χ1n) is 5.20. The number of anilines is 1. The summed E-state index contributed by atoms with van der Waals surface area (Å²) in [7, 11) is 0. The Hall–Kier alpha value is -2.55. The third-order valence-corrected chi connectivity index (χ3v) is 2.14. The summed E-state index contributed by atoms with van der Waals surface area (Å²) in [6.07, 6.45) is 4.72. The van der Waals surface area contributed by atoms with E-state index in [0.29, 0.717) is 24.6 Å². The monoisotopic (exact) mass is 248 g/mol. The van der Waals surface area contributed by atoms with Crippen LogP contribution in [0.15, 0.2) is 18.7 Å². The van der Waals surface area contributed by atoms with Crippen molar-refractivity contribution in [2.75, 3.05) is 12.0 Å². The van der Waals surface area contributed by atoms with Gasteiger partial charge in [-0.15, -0.1) is 0 Å². The Morgan fingerprint density at radius 3 is 2.83 bits per heavy atom. The van der Waals surface area contributed by atoms with Crippen LogP contribution in [-0.2, 0) is 6.42 Å². The van der Waals surface area contributed by atoms with Gasteiger partial charge in [0.05, 0.1) is 12.4 Å². The van der Waals surface area contributed by atoms with E-state index in [1.807, 2.05) is 0 Å². The number of hydrogen-bond donors (Lipinski definition) is 4. The van der Waals surface area contributed by atoms with Gasteiger partial charge in [0, 0.05) is 13.0 Å². The molecular weight excluding hydrogens is 236 g/mol. The van der Waals surface area contributed by atoms with Crippen molar-refractivity contribution in [3.63, 3.8) is 0 Å². The second-order valence-electron chi connectivity index (χ2n) is 3.37. The van der Waals surface area contributed by atoms with Gasteiger partial charge in [-0.25, -0.2) is 20.8 Å². The van der Waals surface area contributed by atoms with E-state index in [1.54, 1.807) is 0 Å². The summed E-state index contributed by atoms with van der Waals surface area (Å²) in [5.41, 5.74) is 2.56. The number of hydrogen-bond acceptors (Lipinski definition) is 7. The third-order valence-electron chi connectivity index (χ3n) is 2.14. The minimum atomic E-state index is -0.300. The van der Waals surface area contributed by atoms with Crippen LogP contribution in [0, 0.1) is 0 Å². The van der Waals surface area contributed by atoms with Crippen LogP contribution in [0.4, 0.5) is 5.82 Å². The SMILES string of the molecule is NNc1cnc(C(=O)NCCc2ncn[nH]2)cn1. The van der Waals surface area contributed by atoms with Crippen molar-refractivity contribution in [1.29, 1.82) is 0 Å². The quantitative estimate of drug-likeness (QED) is 0.387. The number of rotatable bonds is 5. The number of aromatic amines is 1. The Labute approximate surface area is 102 Å². The highest BCUT2D eigenvalue weighted by Crippen LogP contribution is 1.98. The predicted octanol–water partition coefficient (Wildman–Crippen LogP) is -1.15. The number of nitrogen functional groups attached to an aromatic ring is 1. The highest BCUT2D eigenvalue weighted by molar-refractivity contribution is 5.91. The number of nitrogens with zero attached hydrogens (tertiary/aromatic N) is 4. The molecule has 0 saturated heterocycles. The minimum Gasteiger partial charge on any atom is -0.350 e. The molecule has 0 bridgehead atoms. The number of H-pyrrole nitrogens is 1. The lowest BCUT2D eigenvalue weighted by Crippen LogP contribution is -2.27. The molecule has 0 aliphatic rings. The maximum absolute atomic E-state index is 11.7. The molecule has 0 aliphatic heterocycles. The van der Waals surface area contributed by atoms with Crippen molar-refractivity contribution in [3.05, 3.63) is 30.2 Å². The fourth-order valence-electron chi connectivity index (χ4n) is 1.26. The van der Waals surface area contributed by atoms with Crippen molar-refractivity contribution in [2.45, 2.75) is 6.42 Å². The van der Waals surface area contributed by atoms with Gasteiger partial charge in [-0.2, -0.15) is 5.10 Å². The van der Waals surface area contributed by atoms with Crippen molar-refractivity contribution >= 4 is 11.7 Å². The number of aromatic nitrogens is 5. The van der Waals surface area contributed by atoms with Crippen molar-refractivity contribution in [2.24, 2.45) is 5.84 Å². The molecule has 5 N–H and O–H groups in total. The molecule has 9 heteroatoms.